The molecule has 1 saturated heterocycles. The molecule has 0 bridgehead atoms. The first-order chi connectivity index (χ1) is 10.3. The average Bonchev–Trinajstić information content (AvgIpc) is 2.46. The van der Waals surface area contributed by atoms with Crippen LogP contribution in [0.3, 0.4) is 0 Å². The lowest BCUT2D eigenvalue weighted by Crippen LogP contribution is -2.51. The second kappa shape index (κ2) is 6.34. The molecule has 1 aromatic rings. The third kappa shape index (κ3) is 3.55. The van der Waals surface area contributed by atoms with Crippen molar-refractivity contribution in [3.63, 3.8) is 0 Å². The number of carbonyl (C=O) groups excluding carboxylic acids is 1. The molecule has 0 aliphatic carbocycles. The molecule has 5 nitrogen and oxygen atoms in total. The van der Waals surface area contributed by atoms with E-state index in [1.165, 1.54) is 23.1 Å². The highest BCUT2D eigenvalue weighted by Gasteiger charge is 2.40. The van der Waals surface area contributed by atoms with Crippen LogP contribution in [0.4, 0.5) is 4.39 Å². The molecular weight excluding hydrogens is 289 g/mol. The average molecular weight is 309 g/mol. The summed E-state index contributed by atoms with van der Waals surface area (Å²) in [6.45, 7) is 3.91. The van der Waals surface area contributed by atoms with Gasteiger partial charge in [0.05, 0.1) is 5.41 Å². The van der Waals surface area contributed by atoms with E-state index in [-0.39, 0.29) is 18.2 Å². The predicted molar refractivity (Wildman–Crippen MR) is 78.0 cm³/mol. The van der Waals surface area contributed by atoms with Crippen molar-refractivity contribution in [3.05, 3.63) is 30.1 Å². The number of carboxylic acid groups (broad SMARTS) is 1. The van der Waals surface area contributed by atoms with E-state index in [1.807, 2.05) is 0 Å². The molecule has 120 valence electrons. The number of amides is 1. The number of benzene rings is 1. The van der Waals surface area contributed by atoms with Gasteiger partial charge >= 0.3 is 5.97 Å². The molecule has 2 atom stereocenters. The topological polar surface area (TPSA) is 66.8 Å². The number of halogens is 1. The Bertz CT molecular complexity index is 577. The van der Waals surface area contributed by atoms with Crippen molar-refractivity contribution in [2.45, 2.75) is 32.8 Å². The molecule has 22 heavy (non-hydrogen) atoms. The summed E-state index contributed by atoms with van der Waals surface area (Å²) >= 11 is 0. The van der Waals surface area contributed by atoms with Gasteiger partial charge in [-0.15, -0.1) is 0 Å². The van der Waals surface area contributed by atoms with E-state index in [1.54, 1.807) is 19.9 Å². The Morgan fingerprint density at radius 1 is 1.45 bits per heavy atom. The van der Waals surface area contributed by atoms with Crippen LogP contribution in [0.15, 0.2) is 24.3 Å². The number of nitrogens with zero attached hydrogens (tertiary/aromatic N) is 1. The van der Waals surface area contributed by atoms with Crippen molar-refractivity contribution in [2.75, 3.05) is 13.1 Å². The van der Waals surface area contributed by atoms with Gasteiger partial charge in [0.2, 0.25) is 0 Å². The van der Waals surface area contributed by atoms with Gasteiger partial charge in [-0.1, -0.05) is 6.07 Å². The zero-order valence-electron chi connectivity index (χ0n) is 12.7. The van der Waals surface area contributed by atoms with Gasteiger partial charge < -0.3 is 14.7 Å². The van der Waals surface area contributed by atoms with Crippen molar-refractivity contribution in [2.24, 2.45) is 5.41 Å². The van der Waals surface area contributed by atoms with Crippen LogP contribution in [-0.2, 0) is 9.59 Å². The highest BCUT2D eigenvalue weighted by Crippen LogP contribution is 2.30. The molecule has 1 aliphatic heterocycles. The Hall–Kier alpha value is -2.11. The van der Waals surface area contributed by atoms with E-state index in [0.29, 0.717) is 19.4 Å². The molecule has 1 fully saturated rings. The van der Waals surface area contributed by atoms with Gasteiger partial charge in [-0.05, 0) is 38.8 Å². The number of carbonyl (C=O) groups is 2. The molecule has 0 aromatic heterocycles. The van der Waals surface area contributed by atoms with Gasteiger partial charge in [-0.3, -0.25) is 9.59 Å². The van der Waals surface area contributed by atoms with Crippen LogP contribution in [0.25, 0.3) is 0 Å². The van der Waals surface area contributed by atoms with Gasteiger partial charge in [0.15, 0.2) is 6.10 Å². The van der Waals surface area contributed by atoms with Gasteiger partial charge in [-0.2, -0.15) is 0 Å². The van der Waals surface area contributed by atoms with Crippen LogP contribution < -0.4 is 4.74 Å². The normalized spacial score (nSPS) is 23.0. The maximum Gasteiger partial charge on any atom is 0.311 e. The SMILES string of the molecule is CC(Oc1cccc(F)c1)C(=O)N1CCCC(C)(C(=O)O)C1. The number of hydrogen-bond donors (Lipinski definition) is 1. The molecule has 1 aliphatic rings. The van der Waals surface area contributed by atoms with Crippen molar-refractivity contribution in [1.82, 2.24) is 4.90 Å². The number of ether oxygens (including phenoxy) is 1. The molecule has 0 radical (unpaired) electrons. The lowest BCUT2D eigenvalue weighted by Gasteiger charge is -2.38. The summed E-state index contributed by atoms with van der Waals surface area (Å²) in [5.74, 6) is -1.34. The summed E-state index contributed by atoms with van der Waals surface area (Å²) in [7, 11) is 0. The van der Waals surface area contributed by atoms with E-state index >= 15 is 0 Å². The third-order valence-electron chi connectivity index (χ3n) is 3.98. The van der Waals surface area contributed by atoms with E-state index in [2.05, 4.69) is 0 Å². The quantitative estimate of drug-likeness (QED) is 0.927. The second-order valence-corrected chi connectivity index (χ2v) is 5.95. The molecule has 2 unspecified atom stereocenters. The maximum atomic E-state index is 13.1. The summed E-state index contributed by atoms with van der Waals surface area (Å²) in [6, 6.07) is 5.58. The third-order valence-corrected chi connectivity index (χ3v) is 3.98. The number of aliphatic carboxylic acids is 1. The molecule has 0 saturated carbocycles. The maximum absolute atomic E-state index is 13.1. The van der Waals surface area contributed by atoms with Gasteiger partial charge in [0.25, 0.3) is 5.91 Å². The highest BCUT2D eigenvalue weighted by atomic mass is 19.1. The summed E-state index contributed by atoms with van der Waals surface area (Å²) in [4.78, 5) is 25.3. The Labute approximate surface area is 128 Å². The van der Waals surface area contributed by atoms with Crippen LogP contribution in [0.5, 0.6) is 5.75 Å². The van der Waals surface area contributed by atoms with Crippen molar-refractivity contribution >= 4 is 11.9 Å². The molecule has 1 heterocycles. The number of hydrogen-bond acceptors (Lipinski definition) is 3. The first kappa shape index (κ1) is 16.3. The first-order valence-electron chi connectivity index (χ1n) is 7.26. The van der Waals surface area contributed by atoms with Crippen molar-refractivity contribution < 1.29 is 23.8 Å². The lowest BCUT2D eigenvalue weighted by molar-refractivity contribution is -0.155. The summed E-state index contributed by atoms with van der Waals surface area (Å²) in [5, 5.41) is 9.29. The van der Waals surface area contributed by atoms with Crippen LogP contribution in [-0.4, -0.2) is 41.1 Å². The van der Waals surface area contributed by atoms with E-state index in [0.717, 1.165) is 0 Å². The highest BCUT2D eigenvalue weighted by molar-refractivity contribution is 5.82. The summed E-state index contributed by atoms with van der Waals surface area (Å²) < 4.78 is 18.6. The Morgan fingerprint density at radius 3 is 2.82 bits per heavy atom. The minimum Gasteiger partial charge on any atom is -0.481 e. The Kier molecular flexibility index (Phi) is 4.68. The van der Waals surface area contributed by atoms with Gasteiger partial charge in [0, 0.05) is 19.2 Å². The van der Waals surface area contributed by atoms with E-state index in [4.69, 9.17) is 4.74 Å². The van der Waals surface area contributed by atoms with Crippen molar-refractivity contribution in [1.29, 1.82) is 0 Å². The van der Waals surface area contributed by atoms with Gasteiger partial charge in [0.1, 0.15) is 11.6 Å². The largest absolute Gasteiger partial charge is 0.481 e. The predicted octanol–water partition coefficient (Wildman–Crippen LogP) is 2.31. The zero-order valence-corrected chi connectivity index (χ0v) is 12.7. The minimum absolute atomic E-state index is 0.165. The monoisotopic (exact) mass is 309 g/mol. The molecule has 1 aromatic carbocycles. The molecule has 6 heteroatoms. The first-order valence-corrected chi connectivity index (χ1v) is 7.26. The van der Waals surface area contributed by atoms with Crippen LogP contribution >= 0.6 is 0 Å². The number of carboxylic acids is 1. The molecule has 0 spiro atoms. The van der Waals surface area contributed by atoms with Crippen LogP contribution in [0, 0.1) is 11.2 Å². The molecular formula is C16H20FNO4. The summed E-state index contributed by atoms with van der Waals surface area (Å²) in [5.41, 5.74) is -0.924. The number of rotatable bonds is 4. The fourth-order valence-electron chi connectivity index (χ4n) is 2.65. The van der Waals surface area contributed by atoms with Crippen LogP contribution in [0.1, 0.15) is 26.7 Å². The fourth-order valence-corrected chi connectivity index (χ4v) is 2.65. The van der Waals surface area contributed by atoms with Crippen molar-refractivity contribution in [3.8, 4) is 5.75 Å². The fraction of sp³-hybridized carbons (Fsp3) is 0.500. The van der Waals surface area contributed by atoms with Gasteiger partial charge in [-0.25, -0.2) is 4.39 Å². The number of piperidine rings is 1. The Balaban J connectivity index is 2.02. The van der Waals surface area contributed by atoms with Crippen LogP contribution in [0.2, 0.25) is 0 Å². The molecule has 1 amide bonds. The second-order valence-electron chi connectivity index (χ2n) is 5.95. The molecule has 1 N–H and O–H groups in total. The standard InChI is InChI=1S/C16H20FNO4/c1-11(22-13-6-3-5-12(17)9-13)14(19)18-8-4-7-16(2,10-18)15(20)21/h3,5-6,9,11H,4,7-8,10H2,1-2H3,(H,20,21). The smallest absolute Gasteiger partial charge is 0.311 e. The molecule has 2 rings (SSSR count). The number of likely N-dealkylation sites (tertiary alicyclic amines) is 1. The zero-order chi connectivity index (χ0) is 16.3. The summed E-state index contributed by atoms with van der Waals surface area (Å²) in [6.07, 6.45) is 0.393. The lowest BCUT2D eigenvalue weighted by atomic mass is 9.82. The minimum atomic E-state index is -0.924. The van der Waals surface area contributed by atoms with E-state index in [9.17, 15) is 19.1 Å². The van der Waals surface area contributed by atoms with E-state index < -0.39 is 23.3 Å². The Morgan fingerprint density at radius 2 is 2.18 bits per heavy atom.